The van der Waals surface area contributed by atoms with E-state index >= 15 is 0 Å². The summed E-state index contributed by atoms with van der Waals surface area (Å²) in [6, 6.07) is 28.9. The average molecular weight is 752 g/mol. The molecule has 2 aliphatic carbocycles. The third-order valence-corrected chi connectivity index (χ3v) is 12.6. The molecule has 0 radical (unpaired) electrons. The van der Waals surface area contributed by atoms with Gasteiger partial charge in [-0.2, -0.15) is 0 Å². The van der Waals surface area contributed by atoms with Gasteiger partial charge in [-0.25, -0.2) is 14.3 Å². The molecule has 0 unspecified atom stereocenters. The number of rotatable bonds is 4. The van der Waals surface area contributed by atoms with Crippen LogP contribution in [0.3, 0.4) is 0 Å². The van der Waals surface area contributed by atoms with E-state index in [2.05, 4.69) is 4.98 Å². The highest BCUT2D eigenvalue weighted by Crippen LogP contribution is 2.65. The lowest BCUT2D eigenvalue weighted by molar-refractivity contribution is -0.131. The topological polar surface area (TPSA) is 121 Å². The Bertz CT molecular complexity index is 2670. The molecule has 4 aliphatic rings. The van der Waals surface area contributed by atoms with E-state index in [4.69, 9.17) is 16.0 Å². The number of halogens is 2. The molecule has 1 N–H and O–H groups in total. The van der Waals surface area contributed by atoms with Crippen LogP contribution in [0.2, 0.25) is 5.02 Å². The Morgan fingerprint density at radius 3 is 2.36 bits per heavy atom. The van der Waals surface area contributed by atoms with Crippen LogP contribution in [0, 0.1) is 34.9 Å². The second-order valence-corrected chi connectivity index (χ2v) is 15.4. The highest BCUT2D eigenvalue weighted by molar-refractivity contribution is 6.32. The van der Waals surface area contributed by atoms with Gasteiger partial charge in [0, 0.05) is 17.0 Å². The summed E-state index contributed by atoms with van der Waals surface area (Å²) in [6.07, 6.45) is 2.30. The first-order valence-corrected chi connectivity index (χ1v) is 18.5. The number of imide groups is 2. The van der Waals surface area contributed by atoms with Gasteiger partial charge in [0.1, 0.15) is 17.1 Å². The van der Waals surface area contributed by atoms with Crippen LogP contribution in [0.25, 0.3) is 33.3 Å². The summed E-state index contributed by atoms with van der Waals surface area (Å²) < 4.78 is 20.2. The molecule has 1 aromatic heterocycles. The zero-order valence-electron chi connectivity index (χ0n) is 29.3. The van der Waals surface area contributed by atoms with E-state index in [1.807, 2.05) is 54.6 Å². The van der Waals surface area contributed by atoms with Crippen molar-refractivity contribution >= 4 is 68.5 Å². The molecule has 10 rings (SSSR count). The van der Waals surface area contributed by atoms with Gasteiger partial charge in [-0.15, -0.1) is 0 Å². The fourth-order valence-electron chi connectivity index (χ4n) is 9.78. The quantitative estimate of drug-likeness (QED) is 0.142. The molecule has 9 nitrogen and oxygen atoms in total. The fraction of sp³-hybridized carbons (Fsp3) is 0.205. The minimum atomic E-state index is -1.42. The van der Waals surface area contributed by atoms with Crippen molar-refractivity contribution in [2.45, 2.75) is 25.7 Å². The molecule has 4 amide bonds. The molecule has 0 spiro atoms. The Morgan fingerprint density at radius 1 is 0.836 bits per heavy atom. The minimum absolute atomic E-state index is 0.0506. The van der Waals surface area contributed by atoms with Crippen LogP contribution in [0.4, 0.5) is 15.8 Å². The number of hydrogen-bond acceptors (Lipinski definition) is 7. The number of phenols is 1. The first-order chi connectivity index (χ1) is 26.6. The number of aromatic hydroxyl groups is 1. The summed E-state index contributed by atoms with van der Waals surface area (Å²) in [5.41, 5.74) is 2.37. The molecular weight excluding hydrogens is 721 g/mol. The number of hydrogen-bond donors (Lipinski definition) is 1. The van der Waals surface area contributed by atoms with Crippen molar-refractivity contribution < 1.29 is 33.1 Å². The molecule has 0 bridgehead atoms. The summed E-state index contributed by atoms with van der Waals surface area (Å²) in [6.45, 7) is 1.74. The Kier molecular flexibility index (Phi) is 7.26. The number of nitrogens with zero attached hydrogens (tertiary/aromatic N) is 3. The number of fused-ring (bicyclic) bond motifs is 6. The zero-order chi connectivity index (χ0) is 37.9. The molecule has 3 fully saturated rings. The smallest absolute Gasteiger partial charge is 0.241 e. The van der Waals surface area contributed by atoms with E-state index in [9.17, 15) is 28.7 Å². The van der Waals surface area contributed by atoms with E-state index in [0.717, 1.165) is 21.9 Å². The lowest BCUT2D eigenvalue weighted by Crippen LogP contribution is -2.49. The van der Waals surface area contributed by atoms with Crippen LogP contribution >= 0.6 is 11.6 Å². The lowest BCUT2D eigenvalue weighted by Gasteiger charge is -2.49. The van der Waals surface area contributed by atoms with Crippen LogP contribution < -0.4 is 9.80 Å². The van der Waals surface area contributed by atoms with Gasteiger partial charge in [0.25, 0.3) is 0 Å². The van der Waals surface area contributed by atoms with Crippen LogP contribution in [-0.4, -0.2) is 33.7 Å². The summed E-state index contributed by atoms with van der Waals surface area (Å²) in [5.74, 6) is -5.97. The van der Waals surface area contributed by atoms with Crippen molar-refractivity contribution in [2.75, 3.05) is 9.80 Å². The number of oxazole rings is 1. The van der Waals surface area contributed by atoms with E-state index < -0.39 is 52.6 Å². The van der Waals surface area contributed by atoms with Crippen LogP contribution in [0.15, 0.2) is 119 Å². The molecular formula is C44H31ClFN3O6. The second-order valence-electron chi connectivity index (χ2n) is 15.0. The largest absolute Gasteiger partial charge is 0.508 e. The standard InChI is InChI=1S/C44H31ClFN3O6/c1-44-30(41(52)49(43(44)54)25-15-18-32(46)31(45)20-25)21-29-27(38(44)37-26-7-3-2-6-22(26)12-19-34(37)50)16-17-28-36(29)42(53)48(40(28)51)24-13-10-23(11-14-24)39-47-33-8-4-5-9-35(33)55-39/h2-16,18-20,28-30,36,38,50H,17,21H2,1H3/t28-,29+,30-,36-,38+,44+/m0/s1. The van der Waals surface area contributed by atoms with Crippen molar-refractivity contribution in [1.29, 1.82) is 0 Å². The minimum Gasteiger partial charge on any atom is -0.508 e. The van der Waals surface area contributed by atoms with E-state index in [0.29, 0.717) is 39.2 Å². The molecule has 6 aromatic rings. The number of carbonyl (C=O) groups is 4. The summed E-state index contributed by atoms with van der Waals surface area (Å²) in [4.78, 5) is 65.2. The van der Waals surface area contributed by atoms with Gasteiger partial charge in [0.15, 0.2) is 5.58 Å². The fourth-order valence-corrected chi connectivity index (χ4v) is 9.96. The van der Waals surface area contributed by atoms with Crippen molar-refractivity contribution in [1.82, 2.24) is 4.98 Å². The van der Waals surface area contributed by atoms with Gasteiger partial charge in [-0.05, 0) is 97.1 Å². The van der Waals surface area contributed by atoms with Crippen molar-refractivity contribution in [3.63, 3.8) is 0 Å². The predicted octanol–water partition coefficient (Wildman–Crippen LogP) is 8.58. The molecule has 55 heavy (non-hydrogen) atoms. The Morgan fingerprint density at radius 2 is 1.58 bits per heavy atom. The highest BCUT2D eigenvalue weighted by atomic mass is 35.5. The number of amides is 4. The highest BCUT2D eigenvalue weighted by Gasteiger charge is 2.68. The maximum Gasteiger partial charge on any atom is 0.241 e. The maximum atomic E-state index is 14.9. The van der Waals surface area contributed by atoms with E-state index in [1.54, 1.807) is 43.3 Å². The van der Waals surface area contributed by atoms with Crippen LogP contribution in [-0.2, 0) is 19.2 Å². The summed E-state index contributed by atoms with van der Waals surface area (Å²) in [7, 11) is 0. The number of carbonyl (C=O) groups excluding carboxylic acids is 4. The third-order valence-electron chi connectivity index (χ3n) is 12.3. The van der Waals surface area contributed by atoms with Crippen molar-refractivity contribution in [2.24, 2.45) is 29.1 Å². The van der Waals surface area contributed by atoms with Gasteiger partial charge in [-0.1, -0.05) is 65.7 Å². The molecule has 272 valence electrons. The lowest BCUT2D eigenvalue weighted by atomic mass is 9.51. The normalized spacial score (nSPS) is 26.1. The van der Waals surface area contributed by atoms with Crippen LogP contribution in [0.1, 0.15) is 31.2 Å². The number of phenolic OH excluding ortho intramolecular Hbond substituents is 1. The number of para-hydroxylation sites is 2. The van der Waals surface area contributed by atoms with Gasteiger partial charge in [0.05, 0.1) is 39.6 Å². The first kappa shape index (κ1) is 33.4. The molecule has 3 heterocycles. The predicted molar refractivity (Wildman–Crippen MR) is 204 cm³/mol. The Hall–Kier alpha value is -6.13. The number of benzene rings is 5. The first-order valence-electron chi connectivity index (χ1n) is 18.1. The molecule has 1 saturated carbocycles. The van der Waals surface area contributed by atoms with Gasteiger partial charge in [0.2, 0.25) is 29.5 Å². The molecule has 2 aliphatic heterocycles. The number of anilines is 2. The van der Waals surface area contributed by atoms with Crippen LogP contribution in [0.5, 0.6) is 5.75 Å². The number of allylic oxidation sites excluding steroid dienone is 2. The molecule has 5 aromatic carbocycles. The Labute approximate surface area is 318 Å². The monoisotopic (exact) mass is 751 g/mol. The average Bonchev–Trinajstić information content (AvgIpc) is 3.80. The second kappa shape index (κ2) is 11.9. The van der Waals surface area contributed by atoms with Crippen molar-refractivity contribution in [3.05, 3.63) is 131 Å². The van der Waals surface area contributed by atoms with E-state index in [-0.39, 0.29) is 41.1 Å². The maximum absolute atomic E-state index is 14.9. The van der Waals surface area contributed by atoms with Gasteiger partial charge < -0.3 is 9.52 Å². The number of aromatic nitrogens is 1. The SMILES string of the molecule is C[C@@]12C(=O)N(c3ccc(F)c(Cl)c3)C(=O)[C@@H]1C[C@@H]1C(=CC[C@@H]3C(=O)N(c4ccc(-c5nc6ccccc6o5)cc4)C(=O)[C@@H]31)[C@@H]2c1c(O)ccc2ccccc12. The zero-order valence-corrected chi connectivity index (χ0v) is 30.0. The summed E-state index contributed by atoms with van der Waals surface area (Å²) in [5, 5.41) is 13.0. The summed E-state index contributed by atoms with van der Waals surface area (Å²) >= 11 is 6.15. The Balaban J connectivity index is 1.07. The van der Waals surface area contributed by atoms with Gasteiger partial charge >= 0.3 is 0 Å². The van der Waals surface area contributed by atoms with Crippen molar-refractivity contribution in [3.8, 4) is 17.2 Å². The molecule has 11 heteroatoms. The van der Waals surface area contributed by atoms with E-state index in [1.165, 1.54) is 17.0 Å². The molecule has 2 saturated heterocycles. The van der Waals surface area contributed by atoms with Gasteiger partial charge in [-0.3, -0.25) is 24.1 Å². The third kappa shape index (κ3) is 4.67. The molecule has 6 atom stereocenters.